The largest absolute Gasteiger partial charge is 0.433 e. The topological polar surface area (TPSA) is 17.8 Å². The van der Waals surface area contributed by atoms with Crippen LogP contribution in [-0.4, -0.2) is 9.78 Å². The lowest BCUT2D eigenvalue weighted by molar-refractivity contribution is -0.144. The minimum absolute atomic E-state index is 0.267. The maximum atomic E-state index is 12.2. The van der Waals surface area contributed by atoms with E-state index in [0.29, 0.717) is 0 Å². The molecule has 14 heavy (non-hydrogen) atoms. The van der Waals surface area contributed by atoms with Crippen molar-refractivity contribution in [1.29, 1.82) is 0 Å². The molecule has 0 fully saturated rings. The van der Waals surface area contributed by atoms with Crippen molar-refractivity contribution in [3.63, 3.8) is 0 Å². The Labute approximate surface area is 81.7 Å². The van der Waals surface area contributed by atoms with Gasteiger partial charge in [-0.2, -0.15) is 18.3 Å². The van der Waals surface area contributed by atoms with Crippen molar-refractivity contribution in [3.8, 4) is 0 Å². The summed E-state index contributed by atoms with van der Waals surface area (Å²) in [4.78, 5) is 0. The normalized spacial score (nSPS) is 11.1. The smallest absolute Gasteiger partial charge is 0.258 e. The van der Waals surface area contributed by atoms with E-state index in [4.69, 9.17) is 0 Å². The van der Waals surface area contributed by atoms with E-state index in [-0.39, 0.29) is 6.04 Å². The molecule has 1 aromatic heterocycles. The zero-order valence-electron chi connectivity index (χ0n) is 8.76. The fraction of sp³-hybridized carbons (Fsp3) is 0.667. The van der Waals surface area contributed by atoms with Crippen LogP contribution in [0.15, 0.2) is 12.3 Å². The summed E-state index contributed by atoms with van der Waals surface area (Å²) in [6.07, 6.45) is -3.15. The summed E-state index contributed by atoms with van der Waals surface area (Å²) >= 11 is 0. The van der Waals surface area contributed by atoms with Crippen molar-refractivity contribution >= 4 is 0 Å². The second-order valence-corrected chi connectivity index (χ2v) is 2.75. The lowest BCUT2D eigenvalue weighted by Gasteiger charge is -2.12. The van der Waals surface area contributed by atoms with Crippen molar-refractivity contribution in [1.82, 2.24) is 9.78 Å². The maximum Gasteiger partial charge on any atom is 0.433 e. The van der Waals surface area contributed by atoms with Crippen LogP contribution in [0, 0.1) is 0 Å². The molecule has 1 rings (SSSR count). The Morgan fingerprint density at radius 3 is 2.07 bits per heavy atom. The van der Waals surface area contributed by atoms with Gasteiger partial charge in [0.15, 0.2) is 0 Å². The van der Waals surface area contributed by atoms with Crippen LogP contribution in [0.5, 0.6) is 0 Å². The average molecular weight is 208 g/mol. The Hall–Kier alpha value is -1.00. The van der Waals surface area contributed by atoms with Gasteiger partial charge < -0.3 is 0 Å². The van der Waals surface area contributed by atoms with E-state index in [0.717, 1.165) is 16.9 Å². The molecule has 0 unspecified atom stereocenters. The predicted molar refractivity (Wildman–Crippen MR) is 49.0 cm³/mol. The van der Waals surface area contributed by atoms with Gasteiger partial charge in [-0.05, 0) is 19.9 Å². The van der Waals surface area contributed by atoms with Crippen molar-refractivity contribution in [2.75, 3.05) is 0 Å². The van der Waals surface area contributed by atoms with Crippen molar-refractivity contribution < 1.29 is 13.2 Å². The fourth-order valence-corrected chi connectivity index (χ4v) is 0.950. The molecule has 0 aliphatic rings. The van der Waals surface area contributed by atoms with Crippen LogP contribution in [0.25, 0.3) is 0 Å². The van der Waals surface area contributed by atoms with Gasteiger partial charge in [0.25, 0.3) is 0 Å². The zero-order chi connectivity index (χ0) is 11.4. The molecule has 0 bridgehead atoms. The third kappa shape index (κ3) is 3.05. The monoisotopic (exact) mass is 208 g/mol. The van der Waals surface area contributed by atoms with Crippen LogP contribution >= 0.6 is 0 Å². The molecule has 0 radical (unpaired) electrons. The highest BCUT2D eigenvalue weighted by Gasteiger charge is 2.35. The second-order valence-electron chi connectivity index (χ2n) is 2.75. The molecule has 0 aliphatic heterocycles. The van der Waals surface area contributed by atoms with Gasteiger partial charge in [-0.1, -0.05) is 13.8 Å². The highest BCUT2D eigenvalue weighted by atomic mass is 19.4. The van der Waals surface area contributed by atoms with Gasteiger partial charge >= 0.3 is 6.18 Å². The molecule has 2 nitrogen and oxygen atoms in total. The SMILES string of the molecule is CC.CC(C)n1nccc1C(F)(F)F. The summed E-state index contributed by atoms with van der Waals surface area (Å²) in [7, 11) is 0. The molecule has 5 heteroatoms. The predicted octanol–water partition coefficient (Wildman–Crippen LogP) is 3.51. The Morgan fingerprint density at radius 2 is 1.79 bits per heavy atom. The van der Waals surface area contributed by atoms with Crippen LogP contribution in [0.3, 0.4) is 0 Å². The minimum Gasteiger partial charge on any atom is -0.258 e. The average Bonchev–Trinajstić information content (AvgIpc) is 2.54. The third-order valence-corrected chi connectivity index (χ3v) is 1.45. The van der Waals surface area contributed by atoms with Crippen LogP contribution in [0.4, 0.5) is 13.2 Å². The van der Waals surface area contributed by atoms with Gasteiger partial charge in [-0.15, -0.1) is 0 Å². The molecule has 0 saturated heterocycles. The van der Waals surface area contributed by atoms with Gasteiger partial charge in [0.2, 0.25) is 0 Å². The van der Waals surface area contributed by atoms with E-state index >= 15 is 0 Å². The van der Waals surface area contributed by atoms with Crippen LogP contribution in [0.1, 0.15) is 39.4 Å². The molecule has 0 N–H and O–H groups in total. The van der Waals surface area contributed by atoms with E-state index < -0.39 is 11.9 Å². The van der Waals surface area contributed by atoms with Gasteiger partial charge in [-0.3, -0.25) is 4.68 Å². The van der Waals surface area contributed by atoms with E-state index in [2.05, 4.69) is 5.10 Å². The molecule has 0 spiro atoms. The van der Waals surface area contributed by atoms with Gasteiger partial charge in [0, 0.05) is 12.2 Å². The first-order chi connectivity index (χ1) is 6.43. The number of nitrogens with zero attached hydrogens (tertiary/aromatic N) is 2. The number of hydrogen-bond donors (Lipinski definition) is 0. The minimum atomic E-state index is -4.30. The van der Waals surface area contributed by atoms with Gasteiger partial charge in [-0.25, -0.2) is 0 Å². The first-order valence-electron chi connectivity index (χ1n) is 4.53. The number of rotatable bonds is 1. The number of hydrogen-bond acceptors (Lipinski definition) is 1. The molecule has 0 aromatic carbocycles. The van der Waals surface area contributed by atoms with Crippen molar-refractivity contribution in [2.24, 2.45) is 0 Å². The van der Waals surface area contributed by atoms with Crippen molar-refractivity contribution in [3.05, 3.63) is 18.0 Å². The summed E-state index contributed by atoms with van der Waals surface area (Å²) in [5, 5.41) is 3.58. The maximum absolute atomic E-state index is 12.2. The molecule has 1 heterocycles. The molecule has 0 saturated carbocycles. The van der Waals surface area contributed by atoms with Crippen LogP contribution in [-0.2, 0) is 6.18 Å². The Kier molecular flexibility index (Phi) is 4.67. The Balaban J connectivity index is 0.000000791. The van der Waals surface area contributed by atoms with Crippen LogP contribution < -0.4 is 0 Å². The standard InChI is InChI=1S/C7H9F3N2.C2H6/c1-5(2)12-6(3-4-11-12)7(8,9)10;1-2/h3-5H,1-2H3;1-2H3. The summed E-state index contributed by atoms with van der Waals surface area (Å²) in [6.45, 7) is 7.31. The molecule has 0 aliphatic carbocycles. The highest BCUT2D eigenvalue weighted by molar-refractivity contribution is 5.05. The summed E-state index contributed by atoms with van der Waals surface area (Å²) < 4.78 is 37.5. The third-order valence-electron chi connectivity index (χ3n) is 1.45. The summed E-state index contributed by atoms with van der Waals surface area (Å²) in [5.74, 6) is 0. The van der Waals surface area contributed by atoms with E-state index in [1.807, 2.05) is 13.8 Å². The summed E-state index contributed by atoms with van der Waals surface area (Å²) in [5.41, 5.74) is -0.697. The van der Waals surface area contributed by atoms with Gasteiger partial charge in [0.05, 0.1) is 0 Å². The number of aromatic nitrogens is 2. The molecule has 82 valence electrons. The number of alkyl halides is 3. The van der Waals surface area contributed by atoms with Crippen LogP contribution in [0.2, 0.25) is 0 Å². The highest BCUT2D eigenvalue weighted by Crippen LogP contribution is 2.30. The van der Waals surface area contributed by atoms with E-state index in [1.54, 1.807) is 13.8 Å². The van der Waals surface area contributed by atoms with E-state index in [9.17, 15) is 13.2 Å². The quantitative estimate of drug-likeness (QED) is 0.690. The second kappa shape index (κ2) is 5.02. The number of halogens is 3. The van der Waals surface area contributed by atoms with Crippen molar-refractivity contribution in [2.45, 2.75) is 39.9 Å². The fourth-order valence-electron chi connectivity index (χ4n) is 0.950. The Morgan fingerprint density at radius 1 is 1.29 bits per heavy atom. The Bertz CT molecular complexity index is 263. The molecule has 1 aromatic rings. The lowest BCUT2D eigenvalue weighted by atomic mass is 10.3. The van der Waals surface area contributed by atoms with Gasteiger partial charge in [0.1, 0.15) is 5.69 Å². The lowest BCUT2D eigenvalue weighted by Crippen LogP contribution is -2.16. The van der Waals surface area contributed by atoms with E-state index in [1.165, 1.54) is 0 Å². The molecule has 0 amide bonds. The zero-order valence-corrected chi connectivity index (χ0v) is 8.76. The molecular weight excluding hydrogens is 193 g/mol. The first kappa shape index (κ1) is 13.0. The molecular formula is C9H15F3N2. The first-order valence-corrected chi connectivity index (χ1v) is 4.53. The summed E-state index contributed by atoms with van der Waals surface area (Å²) in [6, 6.07) is 0.705. The molecule has 0 atom stereocenters.